The van der Waals surface area contributed by atoms with Crippen molar-refractivity contribution in [2.75, 3.05) is 53.6 Å². The van der Waals surface area contributed by atoms with E-state index in [9.17, 15) is 5.11 Å². The first kappa shape index (κ1) is 18.8. The Bertz CT molecular complexity index is 254. The van der Waals surface area contributed by atoms with E-state index in [-0.39, 0.29) is 0 Å². The fraction of sp³-hybridized carbons (Fsp3) is 1.00. The molecule has 5 nitrogen and oxygen atoms in total. The summed E-state index contributed by atoms with van der Waals surface area (Å²) in [7, 11) is 3.79. The van der Waals surface area contributed by atoms with Crippen molar-refractivity contribution in [1.29, 1.82) is 0 Å². The van der Waals surface area contributed by atoms with Crippen LogP contribution < -0.4 is 5.32 Å². The van der Waals surface area contributed by atoms with Crippen molar-refractivity contribution in [3.63, 3.8) is 0 Å². The van der Waals surface area contributed by atoms with E-state index in [1.54, 1.807) is 7.11 Å². The standard InChI is InChI=1S/C16H34N2O3/c1-14-5-4-6-16(11-14)21-13-15(19)12-17-7-8-18(2)9-10-20-3/h14-17,19H,4-13H2,1-3H3. The van der Waals surface area contributed by atoms with Crippen LogP contribution in [-0.2, 0) is 9.47 Å². The summed E-state index contributed by atoms with van der Waals surface area (Å²) in [5.41, 5.74) is 0. The molecule has 3 unspecified atom stereocenters. The molecule has 0 saturated heterocycles. The zero-order valence-electron chi connectivity index (χ0n) is 14.0. The van der Waals surface area contributed by atoms with E-state index in [1.807, 2.05) is 0 Å². The average molecular weight is 302 g/mol. The Morgan fingerprint density at radius 1 is 1.33 bits per heavy atom. The topological polar surface area (TPSA) is 54.0 Å². The van der Waals surface area contributed by atoms with Crippen molar-refractivity contribution < 1.29 is 14.6 Å². The predicted octanol–water partition coefficient (Wildman–Crippen LogP) is 1.11. The molecule has 0 aromatic heterocycles. The van der Waals surface area contributed by atoms with Gasteiger partial charge in [0, 0.05) is 33.3 Å². The van der Waals surface area contributed by atoms with Crippen molar-refractivity contribution in [2.24, 2.45) is 5.92 Å². The maximum atomic E-state index is 9.93. The Labute approximate surface area is 130 Å². The minimum atomic E-state index is -0.411. The fourth-order valence-corrected chi connectivity index (χ4v) is 2.73. The molecule has 21 heavy (non-hydrogen) atoms. The molecule has 0 radical (unpaired) electrons. The lowest BCUT2D eigenvalue weighted by Crippen LogP contribution is -2.37. The average Bonchev–Trinajstić information content (AvgIpc) is 2.47. The second kappa shape index (κ2) is 11.4. The minimum absolute atomic E-state index is 0.351. The highest BCUT2D eigenvalue weighted by Crippen LogP contribution is 2.25. The van der Waals surface area contributed by atoms with Gasteiger partial charge in [-0.25, -0.2) is 0 Å². The lowest BCUT2D eigenvalue weighted by atomic mass is 9.89. The predicted molar refractivity (Wildman–Crippen MR) is 85.6 cm³/mol. The van der Waals surface area contributed by atoms with Gasteiger partial charge in [0.2, 0.25) is 0 Å². The number of hydrogen-bond acceptors (Lipinski definition) is 5. The van der Waals surface area contributed by atoms with Crippen LogP contribution in [0.25, 0.3) is 0 Å². The van der Waals surface area contributed by atoms with Crippen LogP contribution >= 0.6 is 0 Å². The Morgan fingerprint density at radius 3 is 2.86 bits per heavy atom. The Morgan fingerprint density at radius 2 is 2.14 bits per heavy atom. The van der Waals surface area contributed by atoms with Crippen molar-refractivity contribution in [3.8, 4) is 0 Å². The van der Waals surface area contributed by atoms with Gasteiger partial charge in [-0.05, 0) is 25.8 Å². The molecule has 0 bridgehead atoms. The van der Waals surface area contributed by atoms with E-state index in [2.05, 4.69) is 24.2 Å². The van der Waals surface area contributed by atoms with E-state index in [0.29, 0.717) is 19.3 Å². The second-order valence-corrected chi connectivity index (χ2v) is 6.38. The highest BCUT2D eigenvalue weighted by atomic mass is 16.5. The smallest absolute Gasteiger partial charge is 0.0897 e. The van der Waals surface area contributed by atoms with Gasteiger partial charge in [-0.1, -0.05) is 19.8 Å². The zero-order chi connectivity index (χ0) is 15.5. The SMILES string of the molecule is COCCN(C)CCNCC(O)COC1CCCC(C)C1. The molecule has 126 valence electrons. The number of rotatable bonds is 11. The number of likely N-dealkylation sites (N-methyl/N-ethyl adjacent to an activating group) is 1. The molecule has 1 aliphatic carbocycles. The zero-order valence-corrected chi connectivity index (χ0v) is 14.0. The molecule has 0 amide bonds. The summed E-state index contributed by atoms with van der Waals surface area (Å²) in [5, 5.41) is 13.2. The van der Waals surface area contributed by atoms with Gasteiger partial charge in [0.05, 0.1) is 25.4 Å². The second-order valence-electron chi connectivity index (χ2n) is 6.38. The van der Waals surface area contributed by atoms with Crippen LogP contribution in [-0.4, -0.2) is 75.8 Å². The van der Waals surface area contributed by atoms with Gasteiger partial charge in [-0.15, -0.1) is 0 Å². The number of aliphatic hydroxyl groups is 1. The van der Waals surface area contributed by atoms with Crippen molar-refractivity contribution >= 4 is 0 Å². The minimum Gasteiger partial charge on any atom is -0.389 e. The maximum Gasteiger partial charge on any atom is 0.0897 e. The molecule has 1 saturated carbocycles. The van der Waals surface area contributed by atoms with Crippen molar-refractivity contribution in [2.45, 2.75) is 44.8 Å². The number of nitrogens with one attached hydrogen (secondary N) is 1. The van der Waals surface area contributed by atoms with Crippen LogP contribution in [0.15, 0.2) is 0 Å². The van der Waals surface area contributed by atoms with Gasteiger partial charge < -0.3 is 24.8 Å². The fourth-order valence-electron chi connectivity index (χ4n) is 2.73. The van der Waals surface area contributed by atoms with E-state index in [1.165, 1.54) is 12.8 Å². The van der Waals surface area contributed by atoms with Crippen molar-refractivity contribution in [1.82, 2.24) is 10.2 Å². The summed E-state index contributed by atoms with van der Waals surface area (Å²) < 4.78 is 10.9. The molecule has 0 heterocycles. The maximum absolute atomic E-state index is 9.93. The molecule has 2 N–H and O–H groups in total. The molecule has 0 spiro atoms. The van der Waals surface area contributed by atoms with Gasteiger partial charge in [0.15, 0.2) is 0 Å². The summed E-state index contributed by atoms with van der Waals surface area (Å²) in [6.45, 7) is 6.85. The molecule has 3 atom stereocenters. The van der Waals surface area contributed by atoms with Gasteiger partial charge in [-0.2, -0.15) is 0 Å². The molecule has 5 heteroatoms. The number of methoxy groups -OCH3 is 1. The Kier molecular flexibility index (Phi) is 10.2. The third-order valence-electron chi connectivity index (χ3n) is 4.14. The third-order valence-corrected chi connectivity index (χ3v) is 4.14. The molecule has 0 aromatic rings. The van der Waals surface area contributed by atoms with Crippen LogP contribution in [0.4, 0.5) is 0 Å². The van der Waals surface area contributed by atoms with Crippen LogP contribution in [0, 0.1) is 5.92 Å². The van der Waals surface area contributed by atoms with Gasteiger partial charge in [-0.3, -0.25) is 0 Å². The lowest BCUT2D eigenvalue weighted by Gasteiger charge is -2.27. The Balaban J connectivity index is 1.97. The van der Waals surface area contributed by atoms with Crippen LogP contribution in [0.1, 0.15) is 32.6 Å². The summed E-state index contributed by atoms with van der Waals surface area (Å²) in [4.78, 5) is 2.21. The van der Waals surface area contributed by atoms with Crippen LogP contribution in [0.5, 0.6) is 0 Å². The molecule has 1 fully saturated rings. The van der Waals surface area contributed by atoms with Crippen LogP contribution in [0.2, 0.25) is 0 Å². The number of ether oxygens (including phenoxy) is 2. The Hall–Kier alpha value is -0.200. The molecular weight excluding hydrogens is 268 g/mol. The normalized spacial score (nSPS) is 24.4. The molecular formula is C16H34N2O3. The quantitative estimate of drug-likeness (QED) is 0.560. The summed E-state index contributed by atoms with van der Waals surface area (Å²) >= 11 is 0. The van der Waals surface area contributed by atoms with Crippen molar-refractivity contribution in [3.05, 3.63) is 0 Å². The van der Waals surface area contributed by atoms with E-state index >= 15 is 0 Å². The molecule has 0 aliphatic heterocycles. The summed E-state index contributed by atoms with van der Waals surface area (Å²) in [5.74, 6) is 0.765. The highest BCUT2D eigenvalue weighted by Gasteiger charge is 2.20. The largest absolute Gasteiger partial charge is 0.389 e. The third kappa shape index (κ3) is 9.42. The summed E-state index contributed by atoms with van der Waals surface area (Å²) in [6, 6.07) is 0. The first-order valence-electron chi connectivity index (χ1n) is 8.29. The van der Waals surface area contributed by atoms with Crippen LogP contribution in [0.3, 0.4) is 0 Å². The number of nitrogens with zero attached hydrogens (tertiary/aromatic N) is 1. The number of aliphatic hydroxyl groups excluding tert-OH is 1. The lowest BCUT2D eigenvalue weighted by molar-refractivity contribution is -0.0306. The first-order chi connectivity index (χ1) is 10.1. The van der Waals surface area contributed by atoms with E-state index in [0.717, 1.165) is 45.0 Å². The van der Waals surface area contributed by atoms with Gasteiger partial charge in [0.1, 0.15) is 0 Å². The number of hydrogen-bond donors (Lipinski definition) is 2. The van der Waals surface area contributed by atoms with Gasteiger partial charge in [0.25, 0.3) is 0 Å². The summed E-state index contributed by atoms with van der Waals surface area (Å²) in [6.07, 6.45) is 4.81. The van der Waals surface area contributed by atoms with Gasteiger partial charge >= 0.3 is 0 Å². The highest BCUT2D eigenvalue weighted by molar-refractivity contribution is 4.71. The molecule has 1 aliphatic rings. The molecule has 1 rings (SSSR count). The van der Waals surface area contributed by atoms with E-state index < -0.39 is 6.10 Å². The molecule has 0 aromatic carbocycles. The van der Waals surface area contributed by atoms with E-state index in [4.69, 9.17) is 9.47 Å². The first-order valence-corrected chi connectivity index (χ1v) is 8.29. The monoisotopic (exact) mass is 302 g/mol.